The molecule has 0 atom stereocenters. The van der Waals surface area contributed by atoms with Crippen LogP contribution in [0.1, 0.15) is 13.3 Å². The summed E-state index contributed by atoms with van der Waals surface area (Å²) in [6.45, 7) is 2.26. The molecule has 0 aliphatic rings. The van der Waals surface area contributed by atoms with Crippen LogP contribution in [0.15, 0.2) is 132 Å². The second-order valence-electron chi connectivity index (χ2n) is 7.03. The molecule has 0 unspecified atom stereocenters. The molecular weight excluding hydrogens is 576 g/mol. The molecule has 0 N–H and O–H groups in total. The molecule has 0 aromatic heterocycles. The van der Waals surface area contributed by atoms with Crippen LogP contribution in [-0.2, 0) is 15.9 Å². The predicted octanol–water partition coefficient (Wildman–Crippen LogP) is 7.88. The Morgan fingerprint density at radius 1 is 0.576 bits per heavy atom. The Hall–Kier alpha value is -1.28. The molecule has 0 heterocycles. The van der Waals surface area contributed by atoms with Gasteiger partial charge in [-0.3, -0.25) is 0 Å². The Morgan fingerprint density at radius 3 is 1.03 bits per heavy atom. The van der Waals surface area contributed by atoms with Crippen LogP contribution < -0.4 is 21.2 Å². The summed E-state index contributed by atoms with van der Waals surface area (Å²) < 4.78 is 0. The Kier molecular flexibility index (Phi) is 11.9. The van der Waals surface area contributed by atoms with E-state index in [4.69, 9.17) is 19.1 Å². The fourth-order valence-corrected chi connectivity index (χ4v) is 10.1. The van der Waals surface area contributed by atoms with E-state index in [2.05, 4.69) is 134 Å². The van der Waals surface area contributed by atoms with Crippen LogP contribution >= 0.6 is 34.9 Å². The van der Waals surface area contributed by atoms with Crippen molar-refractivity contribution in [3.63, 3.8) is 0 Å². The molecule has 0 radical (unpaired) electrons. The monoisotopic (exact) mass is 600 g/mol. The summed E-state index contributed by atoms with van der Waals surface area (Å²) in [7, 11) is 8.39. The van der Waals surface area contributed by atoms with Gasteiger partial charge in [0.1, 0.15) is 0 Å². The van der Waals surface area contributed by atoms with E-state index in [0.29, 0.717) is 0 Å². The average molecular weight is 602 g/mol. The van der Waals surface area contributed by atoms with Gasteiger partial charge < -0.3 is 0 Å². The predicted molar refractivity (Wildman–Crippen MR) is 148 cm³/mol. The van der Waals surface area contributed by atoms with Crippen LogP contribution in [-0.4, -0.2) is 0 Å². The molecule has 0 aliphatic heterocycles. The third-order valence-electron chi connectivity index (χ3n) is 4.90. The van der Waals surface area contributed by atoms with Crippen molar-refractivity contribution in [2.24, 2.45) is 0 Å². The summed E-state index contributed by atoms with van der Waals surface area (Å²) in [5, 5.41) is 7.23. The van der Waals surface area contributed by atoms with E-state index in [0.717, 1.165) is 6.42 Å². The van der Waals surface area contributed by atoms with Crippen LogP contribution in [0.2, 0.25) is 0 Å². The SMILES string of the molecule is CCC=C(P(c1ccccc1)c1ccccc1)P(c1ccccc1)c1ccccc1.[Cl][Pd][Cl]. The Balaban J connectivity index is 0.000000968. The molecule has 0 amide bonds. The maximum absolute atomic E-state index is 4.81. The van der Waals surface area contributed by atoms with Crippen LogP contribution in [0.4, 0.5) is 0 Å². The minimum absolute atomic E-state index is 0.106. The summed E-state index contributed by atoms with van der Waals surface area (Å²) in [6.07, 6.45) is 3.53. The van der Waals surface area contributed by atoms with Crippen molar-refractivity contribution in [3.8, 4) is 0 Å². The van der Waals surface area contributed by atoms with Crippen LogP contribution in [0.5, 0.6) is 0 Å². The van der Waals surface area contributed by atoms with Gasteiger partial charge in [0, 0.05) is 0 Å². The molecule has 172 valence electrons. The summed E-state index contributed by atoms with van der Waals surface area (Å²) in [4.78, 5) is 0. The number of hydrogen-bond donors (Lipinski definition) is 0. The first kappa shape index (κ1) is 26.3. The number of hydrogen-bond acceptors (Lipinski definition) is 0. The van der Waals surface area contributed by atoms with Gasteiger partial charge in [-0.2, -0.15) is 0 Å². The van der Waals surface area contributed by atoms with E-state index in [1.807, 2.05) is 0 Å². The topological polar surface area (TPSA) is 0 Å². The molecule has 0 aliphatic carbocycles. The molecule has 4 aromatic carbocycles. The maximum atomic E-state index is 4.81. The summed E-state index contributed by atoms with van der Waals surface area (Å²) >= 11 is -0.106. The number of benzene rings is 4. The van der Waals surface area contributed by atoms with E-state index < -0.39 is 15.8 Å². The quantitative estimate of drug-likeness (QED) is 0.149. The second kappa shape index (κ2) is 14.9. The van der Waals surface area contributed by atoms with Crippen molar-refractivity contribution >= 4 is 56.1 Å². The first-order chi connectivity index (χ1) is 16.3. The van der Waals surface area contributed by atoms with Crippen LogP contribution in [0.3, 0.4) is 0 Å². The van der Waals surface area contributed by atoms with Gasteiger partial charge >= 0.3 is 35.0 Å². The molecule has 0 fully saturated rings. The van der Waals surface area contributed by atoms with Crippen molar-refractivity contribution < 1.29 is 15.9 Å². The molecule has 0 saturated carbocycles. The zero-order valence-electron chi connectivity index (χ0n) is 18.3. The van der Waals surface area contributed by atoms with Gasteiger partial charge in [-0.1, -0.05) is 134 Å². The molecular formula is C28H26Cl2P2Pd. The molecule has 0 nitrogen and oxygen atoms in total. The first-order valence-electron chi connectivity index (χ1n) is 10.6. The fraction of sp³-hybridized carbons (Fsp3) is 0.0714. The van der Waals surface area contributed by atoms with Crippen molar-refractivity contribution in [2.75, 3.05) is 0 Å². The van der Waals surface area contributed by atoms with Gasteiger partial charge in [0.25, 0.3) is 0 Å². The van der Waals surface area contributed by atoms with E-state index in [1.54, 1.807) is 5.06 Å². The van der Waals surface area contributed by atoms with Gasteiger partial charge in [0.2, 0.25) is 0 Å². The normalized spacial score (nSPS) is 10.6. The van der Waals surface area contributed by atoms with Gasteiger partial charge in [0.15, 0.2) is 0 Å². The molecule has 33 heavy (non-hydrogen) atoms. The van der Waals surface area contributed by atoms with E-state index in [1.165, 1.54) is 21.2 Å². The average Bonchev–Trinajstić information content (AvgIpc) is 2.88. The molecule has 0 saturated heterocycles. The number of halogens is 2. The van der Waals surface area contributed by atoms with Crippen molar-refractivity contribution in [1.82, 2.24) is 0 Å². The van der Waals surface area contributed by atoms with Gasteiger partial charge in [-0.25, -0.2) is 0 Å². The van der Waals surface area contributed by atoms with Crippen LogP contribution in [0, 0.1) is 0 Å². The third kappa shape index (κ3) is 7.61. The molecule has 5 heteroatoms. The molecule has 0 spiro atoms. The molecule has 4 aromatic rings. The Morgan fingerprint density at radius 2 is 0.818 bits per heavy atom. The number of allylic oxidation sites excluding steroid dienone is 1. The van der Waals surface area contributed by atoms with E-state index in [9.17, 15) is 0 Å². The zero-order chi connectivity index (χ0) is 23.3. The zero-order valence-corrected chi connectivity index (χ0v) is 23.2. The van der Waals surface area contributed by atoms with Gasteiger partial charge in [0.05, 0.1) is 0 Å². The van der Waals surface area contributed by atoms with E-state index >= 15 is 0 Å². The molecule has 4 rings (SSSR count). The van der Waals surface area contributed by atoms with E-state index in [-0.39, 0.29) is 15.9 Å². The summed E-state index contributed by atoms with van der Waals surface area (Å²) in [6, 6.07) is 44.2. The fourth-order valence-electron chi connectivity index (χ4n) is 3.60. The second-order valence-corrected chi connectivity index (χ2v) is 14.1. The minimum atomic E-state index is -0.617. The Bertz CT molecular complexity index is 928. The van der Waals surface area contributed by atoms with Gasteiger partial charge in [-0.15, -0.1) is 0 Å². The summed E-state index contributed by atoms with van der Waals surface area (Å²) in [5.74, 6) is 0. The van der Waals surface area contributed by atoms with Crippen LogP contribution in [0.25, 0.3) is 0 Å². The van der Waals surface area contributed by atoms with Crippen molar-refractivity contribution in [1.29, 1.82) is 0 Å². The summed E-state index contributed by atoms with van der Waals surface area (Å²) in [5.41, 5.74) is 0. The Labute approximate surface area is 216 Å². The van der Waals surface area contributed by atoms with Crippen molar-refractivity contribution in [3.05, 3.63) is 132 Å². The first-order valence-corrected chi connectivity index (χ1v) is 17.3. The standard InChI is InChI=1S/C28H26P2.2ClH.Pd/c1-2-15-28(29(24-16-7-3-8-17-24)25-18-9-4-10-19-25)30(26-20-11-5-12-21-26)27-22-13-6-14-23-27;;;/h3-23H,2H2,1H3;2*1H;/q;;;+2/p-2. The third-order valence-corrected chi connectivity index (χ3v) is 10.6. The van der Waals surface area contributed by atoms with Crippen molar-refractivity contribution in [2.45, 2.75) is 13.3 Å². The molecule has 0 bridgehead atoms. The number of rotatable bonds is 7. The van der Waals surface area contributed by atoms with Gasteiger partial charge in [-0.05, 0) is 48.5 Å².